The van der Waals surface area contributed by atoms with Gasteiger partial charge in [-0.3, -0.25) is 0 Å². The summed E-state index contributed by atoms with van der Waals surface area (Å²) in [7, 11) is 0. The van der Waals surface area contributed by atoms with Crippen LogP contribution in [0.5, 0.6) is 0 Å². The Balaban J connectivity index is 2.04. The van der Waals surface area contributed by atoms with Crippen molar-refractivity contribution in [3.05, 3.63) is 41.0 Å². The molecule has 0 N–H and O–H groups in total. The first-order chi connectivity index (χ1) is 10.1. The highest BCUT2D eigenvalue weighted by atomic mass is 35.5. The minimum absolute atomic E-state index is 0.0528. The molecule has 0 aliphatic rings. The van der Waals surface area contributed by atoms with Gasteiger partial charge in [0.25, 0.3) is 0 Å². The van der Waals surface area contributed by atoms with E-state index in [4.69, 9.17) is 27.7 Å². The third kappa shape index (κ3) is 2.73. The van der Waals surface area contributed by atoms with Gasteiger partial charge in [-0.15, -0.1) is 11.6 Å². The van der Waals surface area contributed by atoms with Crippen molar-refractivity contribution in [3.63, 3.8) is 0 Å². The Hall–Kier alpha value is -1.66. The molecule has 0 fully saturated rings. The van der Waals surface area contributed by atoms with Crippen LogP contribution >= 0.6 is 23.2 Å². The predicted molar refractivity (Wildman–Crippen MR) is 77.0 cm³/mol. The van der Waals surface area contributed by atoms with Gasteiger partial charge in [-0.1, -0.05) is 16.8 Å². The van der Waals surface area contributed by atoms with Crippen LogP contribution in [-0.2, 0) is 13.0 Å². The van der Waals surface area contributed by atoms with Crippen molar-refractivity contribution in [1.29, 1.82) is 0 Å². The Morgan fingerprint density at radius 1 is 1.43 bits per heavy atom. The van der Waals surface area contributed by atoms with Crippen LogP contribution in [0.4, 0.5) is 4.39 Å². The molecule has 0 amide bonds. The summed E-state index contributed by atoms with van der Waals surface area (Å²) in [6.07, 6.45) is 1.83. The van der Waals surface area contributed by atoms with E-state index in [1.807, 2.05) is 11.5 Å². The lowest BCUT2D eigenvalue weighted by molar-refractivity contribution is 0.408. The molecule has 21 heavy (non-hydrogen) atoms. The van der Waals surface area contributed by atoms with Crippen molar-refractivity contribution in [2.45, 2.75) is 25.3 Å². The number of hydrogen-bond acceptors (Lipinski definition) is 4. The van der Waals surface area contributed by atoms with Crippen LogP contribution in [0.15, 0.2) is 23.0 Å². The first-order valence-electron chi connectivity index (χ1n) is 6.30. The van der Waals surface area contributed by atoms with Gasteiger partial charge < -0.3 is 9.09 Å². The number of aryl methyl sites for hydroxylation is 2. The van der Waals surface area contributed by atoms with Crippen LogP contribution < -0.4 is 0 Å². The fourth-order valence-corrected chi connectivity index (χ4v) is 2.52. The maximum atomic E-state index is 13.6. The van der Waals surface area contributed by atoms with Crippen molar-refractivity contribution in [3.8, 4) is 0 Å². The molecule has 0 aliphatic heterocycles. The lowest BCUT2D eigenvalue weighted by Crippen LogP contribution is -2.07. The SMILES string of the molecule is CC(Cl)c1nc2cc(F)c(Cl)cc2n1CCc1ncon1. The number of aromatic nitrogens is 4. The Kier molecular flexibility index (Phi) is 3.82. The maximum Gasteiger partial charge on any atom is 0.213 e. The molecule has 0 bridgehead atoms. The van der Waals surface area contributed by atoms with E-state index in [-0.39, 0.29) is 10.4 Å². The van der Waals surface area contributed by atoms with Gasteiger partial charge >= 0.3 is 0 Å². The summed E-state index contributed by atoms with van der Waals surface area (Å²) in [6.45, 7) is 2.36. The van der Waals surface area contributed by atoms with Gasteiger partial charge in [0, 0.05) is 19.0 Å². The smallest absolute Gasteiger partial charge is 0.213 e. The normalized spacial score (nSPS) is 13.0. The summed E-state index contributed by atoms with van der Waals surface area (Å²) in [4.78, 5) is 8.35. The molecule has 3 rings (SSSR count). The van der Waals surface area contributed by atoms with E-state index in [1.54, 1.807) is 6.07 Å². The zero-order valence-electron chi connectivity index (χ0n) is 11.1. The van der Waals surface area contributed by atoms with Gasteiger partial charge in [-0.25, -0.2) is 9.37 Å². The van der Waals surface area contributed by atoms with Crippen LogP contribution in [0.3, 0.4) is 0 Å². The summed E-state index contributed by atoms with van der Waals surface area (Å²) in [5, 5.41) is 3.50. The predicted octanol–water partition coefficient (Wildman–Crippen LogP) is 3.75. The summed E-state index contributed by atoms with van der Waals surface area (Å²) < 4.78 is 20.2. The van der Waals surface area contributed by atoms with Crippen molar-refractivity contribution < 1.29 is 8.91 Å². The van der Waals surface area contributed by atoms with E-state index in [1.165, 1.54) is 12.5 Å². The number of imidazole rings is 1. The molecule has 0 aliphatic carbocycles. The summed E-state index contributed by atoms with van der Waals surface area (Å²) >= 11 is 12.0. The quantitative estimate of drug-likeness (QED) is 0.684. The Morgan fingerprint density at radius 2 is 2.24 bits per heavy atom. The third-order valence-electron chi connectivity index (χ3n) is 3.14. The van der Waals surface area contributed by atoms with Crippen LogP contribution in [0.2, 0.25) is 5.02 Å². The molecule has 2 heterocycles. The molecule has 110 valence electrons. The molecule has 0 saturated heterocycles. The van der Waals surface area contributed by atoms with Gasteiger partial charge in [0.2, 0.25) is 6.39 Å². The number of benzene rings is 1. The van der Waals surface area contributed by atoms with Gasteiger partial charge in [0.15, 0.2) is 5.82 Å². The molecular formula is C13H11Cl2FN4O. The molecule has 5 nitrogen and oxygen atoms in total. The van der Waals surface area contributed by atoms with Crippen molar-refractivity contribution in [2.24, 2.45) is 0 Å². The number of nitrogens with zero attached hydrogens (tertiary/aromatic N) is 4. The van der Waals surface area contributed by atoms with Crippen LogP contribution in [0.1, 0.15) is 23.9 Å². The molecule has 0 spiro atoms. The molecule has 0 saturated carbocycles. The zero-order valence-corrected chi connectivity index (χ0v) is 12.6. The monoisotopic (exact) mass is 328 g/mol. The van der Waals surface area contributed by atoms with Crippen molar-refractivity contribution in [2.75, 3.05) is 0 Å². The summed E-state index contributed by atoms with van der Waals surface area (Å²) in [5.74, 6) is 0.732. The number of rotatable bonds is 4. The number of fused-ring (bicyclic) bond motifs is 1. The molecule has 2 aromatic heterocycles. The second-order valence-corrected chi connectivity index (χ2v) is 5.65. The van der Waals surface area contributed by atoms with Gasteiger partial charge in [0.05, 0.1) is 21.4 Å². The topological polar surface area (TPSA) is 56.7 Å². The Morgan fingerprint density at radius 3 is 2.90 bits per heavy atom. The van der Waals surface area contributed by atoms with E-state index < -0.39 is 5.82 Å². The molecular weight excluding hydrogens is 318 g/mol. The number of hydrogen-bond donors (Lipinski definition) is 0. The second kappa shape index (κ2) is 5.61. The van der Waals surface area contributed by atoms with E-state index in [2.05, 4.69) is 15.1 Å². The van der Waals surface area contributed by atoms with E-state index in [9.17, 15) is 4.39 Å². The van der Waals surface area contributed by atoms with Gasteiger partial charge in [0.1, 0.15) is 11.6 Å². The first kappa shape index (κ1) is 14.3. The van der Waals surface area contributed by atoms with Crippen LogP contribution in [0.25, 0.3) is 11.0 Å². The number of halogens is 3. The third-order valence-corrected chi connectivity index (χ3v) is 3.63. The van der Waals surface area contributed by atoms with Crippen molar-refractivity contribution >= 4 is 34.2 Å². The summed E-state index contributed by atoms with van der Waals surface area (Å²) in [5.41, 5.74) is 1.25. The number of alkyl halides is 1. The molecule has 1 unspecified atom stereocenters. The fraction of sp³-hybridized carbons (Fsp3) is 0.308. The zero-order chi connectivity index (χ0) is 15.0. The summed E-state index contributed by atoms with van der Waals surface area (Å²) in [6, 6.07) is 2.86. The molecule has 1 atom stereocenters. The Bertz CT molecular complexity index is 770. The molecule has 8 heteroatoms. The maximum absolute atomic E-state index is 13.6. The van der Waals surface area contributed by atoms with E-state index in [0.717, 1.165) is 5.52 Å². The second-order valence-electron chi connectivity index (χ2n) is 4.59. The molecule has 0 radical (unpaired) electrons. The molecule has 3 aromatic rings. The minimum Gasteiger partial charge on any atom is -0.343 e. The highest BCUT2D eigenvalue weighted by Crippen LogP contribution is 2.28. The van der Waals surface area contributed by atoms with E-state index >= 15 is 0 Å². The van der Waals surface area contributed by atoms with Gasteiger partial charge in [-0.2, -0.15) is 4.98 Å². The lowest BCUT2D eigenvalue weighted by Gasteiger charge is -2.09. The highest BCUT2D eigenvalue weighted by molar-refractivity contribution is 6.31. The van der Waals surface area contributed by atoms with Crippen LogP contribution in [0, 0.1) is 5.82 Å². The highest BCUT2D eigenvalue weighted by Gasteiger charge is 2.17. The van der Waals surface area contributed by atoms with Gasteiger partial charge in [-0.05, 0) is 13.0 Å². The lowest BCUT2D eigenvalue weighted by atomic mass is 10.3. The van der Waals surface area contributed by atoms with E-state index in [0.29, 0.717) is 30.1 Å². The van der Waals surface area contributed by atoms with Crippen molar-refractivity contribution in [1.82, 2.24) is 19.7 Å². The minimum atomic E-state index is -0.499. The standard InChI is InChI=1S/C13H11Cl2FN4O/c1-7(14)13-18-10-5-9(16)8(15)4-11(10)20(13)3-2-12-17-6-21-19-12/h4-7H,2-3H2,1H3. The van der Waals surface area contributed by atoms with Crippen LogP contribution in [-0.4, -0.2) is 19.7 Å². The first-order valence-corrected chi connectivity index (χ1v) is 7.12. The fourth-order valence-electron chi connectivity index (χ4n) is 2.19. The average Bonchev–Trinajstić information content (AvgIpc) is 3.05. The molecule has 1 aromatic carbocycles. The Labute approximate surface area is 129 Å². The largest absolute Gasteiger partial charge is 0.343 e. The average molecular weight is 329 g/mol.